The number of rotatable bonds is 6. The van der Waals surface area contributed by atoms with Crippen LogP contribution in [0.4, 0.5) is 0 Å². The van der Waals surface area contributed by atoms with Crippen molar-refractivity contribution in [3.63, 3.8) is 0 Å². The Labute approximate surface area is 157 Å². The molecule has 0 amide bonds. The van der Waals surface area contributed by atoms with E-state index in [1.165, 1.54) is 19.3 Å². The zero-order valence-electron chi connectivity index (χ0n) is 14.7. The van der Waals surface area contributed by atoms with E-state index in [4.69, 9.17) is 4.74 Å². The zero-order chi connectivity index (χ0) is 17.6. The number of aromatic hydroxyl groups is 1. The largest absolute Gasteiger partial charge is 0.492 e. The van der Waals surface area contributed by atoms with Crippen molar-refractivity contribution in [2.24, 2.45) is 0 Å². The maximum Gasteiger partial charge on any atom is 0.231 e. The summed E-state index contributed by atoms with van der Waals surface area (Å²) >= 11 is 3.64. The maximum absolute atomic E-state index is 9.75. The van der Waals surface area contributed by atoms with E-state index in [1.54, 1.807) is 6.07 Å². The minimum atomic E-state index is -0.0473. The smallest absolute Gasteiger partial charge is 0.231 e. The first-order chi connectivity index (χ1) is 12.2. The number of nitrogens with zero attached hydrogens (tertiary/aromatic N) is 2. The molecule has 1 saturated carbocycles. The SMILES string of the molecule is CCCCc1nnc(O)cc1-c1ccc(OC2CCCCC2)c(Br)c1. The molecule has 134 valence electrons. The van der Waals surface area contributed by atoms with E-state index in [2.05, 4.69) is 33.1 Å². The first-order valence-electron chi connectivity index (χ1n) is 9.19. The average Bonchev–Trinajstić information content (AvgIpc) is 2.63. The molecule has 25 heavy (non-hydrogen) atoms. The third-order valence-electron chi connectivity index (χ3n) is 4.71. The molecule has 0 bridgehead atoms. The number of unbranched alkanes of at least 4 members (excludes halogenated alkanes) is 1. The van der Waals surface area contributed by atoms with Crippen molar-refractivity contribution in [3.05, 3.63) is 34.4 Å². The van der Waals surface area contributed by atoms with Crippen molar-refractivity contribution < 1.29 is 9.84 Å². The molecule has 2 aromatic rings. The molecule has 3 rings (SSSR count). The molecule has 1 aromatic heterocycles. The van der Waals surface area contributed by atoms with Gasteiger partial charge in [-0.25, -0.2) is 0 Å². The summed E-state index contributed by atoms with van der Waals surface area (Å²) in [7, 11) is 0. The fraction of sp³-hybridized carbons (Fsp3) is 0.500. The van der Waals surface area contributed by atoms with Crippen LogP contribution >= 0.6 is 15.9 Å². The summed E-state index contributed by atoms with van der Waals surface area (Å²) in [5.41, 5.74) is 2.87. The molecule has 1 aliphatic carbocycles. The summed E-state index contributed by atoms with van der Waals surface area (Å²) in [4.78, 5) is 0. The molecule has 0 atom stereocenters. The lowest BCUT2D eigenvalue weighted by Gasteiger charge is -2.23. The molecule has 1 aromatic carbocycles. The topological polar surface area (TPSA) is 55.2 Å². The lowest BCUT2D eigenvalue weighted by molar-refractivity contribution is 0.154. The summed E-state index contributed by atoms with van der Waals surface area (Å²) in [6, 6.07) is 7.79. The molecule has 0 aliphatic heterocycles. The van der Waals surface area contributed by atoms with E-state index in [1.807, 2.05) is 18.2 Å². The highest BCUT2D eigenvalue weighted by Crippen LogP contribution is 2.35. The summed E-state index contributed by atoms with van der Waals surface area (Å²) in [5.74, 6) is 0.839. The van der Waals surface area contributed by atoms with Gasteiger partial charge in [0.15, 0.2) is 0 Å². The highest BCUT2D eigenvalue weighted by Gasteiger charge is 2.17. The van der Waals surface area contributed by atoms with Crippen molar-refractivity contribution >= 4 is 15.9 Å². The van der Waals surface area contributed by atoms with Crippen LogP contribution in [0.3, 0.4) is 0 Å². The van der Waals surface area contributed by atoms with Crippen LogP contribution in [0.5, 0.6) is 11.6 Å². The summed E-state index contributed by atoms with van der Waals surface area (Å²) in [5, 5.41) is 17.8. The Bertz CT molecular complexity index is 715. The van der Waals surface area contributed by atoms with Crippen LogP contribution < -0.4 is 4.74 Å². The van der Waals surface area contributed by atoms with Gasteiger partial charge in [0.1, 0.15) is 5.75 Å². The number of hydrogen-bond acceptors (Lipinski definition) is 4. The molecule has 1 N–H and O–H groups in total. The van der Waals surface area contributed by atoms with Crippen molar-refractivity contribution in [1.29, 1.82) is 0 Å². The predicted molar refractivity (Wildman–Crippen MR) is 103 cm³/mol. The monoisotopic (exact) mass is 404 g/mol. The number of hydrogen-bond donors (Lipinski definition) is 1. The van der Waals surface area contributed by atoms with Gasteiger partial charge in [0.2, 0.25) is 5.88 Å². The van der Waals surface area contributed by atoms with Gasteiger partial charge in [0.25, 0.3) is 0 Å². The van der Waals surface area contributed by atoms with E-state index in [-0.39, 0.29) is 5.88 Å². The molecule has 0 unspecified atom stereocenters. The van der Waals surface area contributed by atoms with E-state index >= 15 is 0 Å². The van der Waals surface area contributed by atoms with Gasteiger partial charge >= 0.3 is 0 Å². The van der Waals surface area contributed by atoms with Crippen molar-refractivity contribution in [2.75, 3.05) is 0 Å². The lowest BCUT2D eigenvalue weighted by atomic mass is 9.97. The minimum absolute atomic E-state index is 0.0473. The molecule has 0 radical (unpaired) electrons. The Morgan fingerprint density at radius 1 is 1.16 bits per heavy atom. The Morgan fingerprint density at radius 2 is 1.96 bits per heavy atom. The fourth-order valence-corrected chi connectivity index (χ4v) is 3.78. The second-order valence-electron chi connectivity index (χ2n) is 6.69. The van der Waals surface area contributed by atoms with Gasteiger partial charge in [-0.2, -0.15) is 5.10 Å². The number of benzene rings is 1. The van der Waals surface area contributed by atoms with Crippen molar-refractivity contribution in [3.8, 4) is 22.8 Å². The van der Waals surface area contributed by atoms with Gasteiger partial charge in [-0.1, -0.05) is 25.8 Å². The Hall–Kier alpha value is -1.62. The van der Waals surface area contributed by atoms with Gasteiger partial charge in [0, 0.05) is 11.6 Å². The summed E-state index contributed by atoms with van der Waals surface area (Å²) < 4.78 is 7.11. The maximum atomic E-state index is 9.75. The van der Waals surface area contributed by atoms with Crippen LogP contribution in [0.1, 0.15) is 57.6 Å². The number of ether oxygens (including phenoxy) is 1. The lowest BCUT2D eigenvalue weighted by Crippen LogP contribution is -2.19. The average molecular weight is 405 g/mol. The normalized spacial score (nSPS) is 15.3. The second-order valence-corrected chi connectivity index (χ2v) is 7.54. The van der Waals surface area contributed by atoms with Crippen LogP contribution in [0.25, 0.3) is 11.1 Å². The molecule has 1 fully saturated rings. The van der Waals surface area contributed by atoms with E-state index < -0.39 is 0 Å². The summed E-state index contributed by atoms with van der Waals surface area (Å²) in [6.45, 7) is 2.15. The molecule has 4 nitrogen and oxygen atoms in total. The standard InChI is InChI=1S/C20H25BrN2O2/c1-2-3-9-18-16(13-20(24)23-22-18)14-10-11-19(17(21)12-14)25-15-7-5-4-6-8-15/h10-13,15H,2-9H2,1H3,(H,23,24). The van der Waals surface area contributed by atoms with Gasteiger partial charge in [-0.15, -0.1) is 5.10 Å². The first-order valence-corrected chi connectivity index (χ1v) is 9.99. The highest BCUT2D eigenvalue weighted by atomic mass is 79.9. The van der Waals surface area contributed by atoms with Gasteiger partial charge < -0.3 is 9.84 Å². The first kappa shape index (κ1) is 18.2. The predicted octanol–water partition coefficient (Wildman–Crippen LogP) is 5.67. The number of halogens is 1. The fourth-order valence-electron chi connectivity index (χ4n) is 3.31. The second kappa shape index (κ2) is 8.65. The van der Waals surface area contributed by atoms with Crippen LogP contribution in [0, 0.1) is 0 Å². The Balaban J connectivity index is 1.83. The highest BCUT2D eigenvalue weighted by molar-refractivity contribution is 9.10. The van der Waals surface area contributed by atoms with Gasteiger partial charge in [0.05, 0.1) is 16.3 Å². The number of aromatic nitrogens is 2. The molecular weight excluding hydrogens is 380 g/mol. The molecule has 0 saturated heterocycles. The van der Waals surface area contributed by atoms with E-state index in [0.717, 1.165) is 59.1 Å². The van der Waals surface area contributed by atoms with Crippen LogP contribution in [0.2, 0.25) is 0 Å². The molecule has 5 heteroatoms. The van der Waals surface area contributed by atoms with Gasteiger partial charge in [-0.3, -0.25) is 0 Å². The number of aryl methyl sites for hydroxylation is 1. The minimum Gasteiger partial charge on any atom is -0.492 e. The third kappa shape index (κ3) is 4.72. The van der Waals surface area contributed by atoms with E-state index in [0.29, 0.717) is 6.10 Å². The molecule has 0 spiro atoms. The van der Waals surface area contributed by atoms with Crippen molar-refractivity contribution in [1.82, 2.24) is 10.2 Å². The molecule has 1 heterocycles. The summed E-state index contributed by atoms with van der Waals surface area (Å²) in [6.07, 6.45) is 9.43. The van der Waals surface area contributed by atoms with Crippen LogP contribution in [-0.4, -0.2) is 21.4 Å². The quantitative estimate of drug-likeness (QED) is 0.673. The van der Waals surface area contributed by atoms with Crippen molar-refractivity contribution in [2.45, 2.75) is 64.4 Å². The molecular formula is C20H25BrN2O2. The van der Waals surface area contributed by atoms with Gasteiger partial charge in [-0.05, 0) is 72.2 Å². The zero-order valence-corrected chi connectivity index (χ0v) is 16.3. The third-order valence-corrected chi connectivity index (χ3v) is 5.33. The Morgan fingerprint density at radius 3 is 2.68 bits per heavy atom. The Kier molecular flexibility index (Phi) is 6.29. The van der Waals surface area contributed by atoms with Crippen LogP contribution in [-0.2, 0) is 6.42 Å². The van der Waals surface area contributed by atoms with E-state index in [9.17, 15) is 5.11 Å². The van der Waals surface area contributed by atoms with Crippen LogP contribution in [0.15, 0.2) is 28.7 Å². The molecule has 1 aliphatic rings.